The Balaban J connectivity index is 3.25. The van der Waals surface area contributed by atoms with Crippen molar-refractivity contribution < 1.29 is 28.7 Å². The van der Waals surface area contributed by atoms with Crippen LogP contribution in [-0.2, 0) is 23.9 Å². The molecule has 0 spiro atoms. The fourth-order valence-electron chi connectivity index (χ4n) is 3.41. The van der Waals surface area contributed by atoms with Gasteiger partial charge in [-0.3, -0.25) is 14.4 Å². The van der Waals surface area contributed by atoms with E-state index in [2.05, 4.69) is 22.3 Å². The molecule has 0 saturated heterocycles. The number of amides is 3. The molecule has 1 aromatic carbocycles. The van der Waals surface area contributed by atoms with Crippen molar-refractivity contribution in [3.05, 3.63) is 34.9 Å². The van der Waals surface area contributed by atoms with E-state index in [4.69, 9.17) is 4.74 Å². The van der Waals surface area contributed by atoms with Crippen LogP contribution in [0.15, 0.2) is 18.2 Å². The van der Waals surface area contributed by atoms with Crippen molar-refractivity contribution in [2.24, 2.45) is 0 Å². The number of aryl methyl sites for hydroxylation is 2. The summed E-state index contributed by atoms with van der Waals surface area (Å²) in [6, 6.07) is 4.58. The number of hydrogen-bond acceptors (Lipinski definition) is 6. The van der Waals surface area contributed by atoms with Crippen LogP contribution in [0.3, 0.4) is 0 Å². The second-order valence-corrected chi connectivity index (χ2v) is 9.54. The molecule has 1 rings (SSSR count). The molecular formula is C26H41N3O6. The lowest BCUT2D eigenvalue weighted by atomic mass is 9.98. The number of nitrogens with one attached hydrogen (secondary N) is 2. The molecule has 0 bridgehead atoms. The van der Waals surface area contributed by atoms with Crippen molar-refractivity contribution in [2.75, 3.05) is 26.7 Å². The highest BCUT2D eigenvalue weighted by Crippen LogP contribution is 2.25. The minimum absolute atomic E-state index is 0.315. The van der Waals surface area contributed by atoms with Gasteiger partial charge in [-0.05, 0) is 57.7 Å². The molecule has 0 aromatic heterocycles. The first kappa shape index (κ1) is 29.9. The smallest absolute Gasteiger partial charge is 0.408 e. The van der Waals surface area contributed by atoms with Gasteiger partial charge in [0.15, 0.2) is 0 Å². The molecule has 0 aliphatic heterocycles. The van der Waals surface area contributed by atoms with Crippen molar-refractivity contribution in [1.82, 2.24) is 15.5 Å². The first-order valence-electron chi connectivity index (χ1n) is 12.1. The van der Waals surface area contributed by atoms with Gasteiger partial charge in [0.1, 0.15) is 24.7 Å². The number of ether oxygens (including phenoxy) is 2. The minimum atomic E-state index is -0.978. The summed E-state index contributed by atoms with van der Waals surface area (Å²) < 4.78 is 9.86. The zero-order chi connectivity index (χ0) is 26.6. The third-order valence-corrected chi connectivity index (χ3v) is 5.40. The van der Waals surface area contributed by atoms with Crippen LogP contribution >= 0.6 is 0 Å². The van der Waals surface area contributed by atoms with E-state index < -0.39 is 35.5 Å². The zero-order valence-electron chi connectivity index (χ0n) is 22.2. The number of methoxy groups -OCH3 is 1. The fraction of sp³-hybridized carbons (Fsp3) is 0.615. The fourth-order valence-corrected chi connectivity index (χ4v) is 3.41. The van der Waals surface area contributed by atoms with Crippen molar-refractivity contribution in [3.8, 4) is 0 Å². The Kier molecular flexibility index (Phi) is 12.3. The molecule has 9 heteroatoms. The largest absolute Gasteiger partial charge is 0.468 e. The van der Waals surface area contributed by atoms with Gasteiger partial charge >= 0.3 is 12.1 Å². The van der Waals surface area contributed by atoms with E-state index in [1.165, 1.54) is 12.0 Å². The summed E-state index contributed by atoms with van der Waals surface area (Å²) in [5.74, 6) is -1.52. The second kappa shape index (κ2) is 14.3. The van der Waals surface area contributed by atoms with Crippen LogP contribution in [0.5, 0.6) is 0 Å². The lowest BCUT2D eigenvalue weighted by Crippen LogP contribution is -2.48. The Labute approximate surface area is 208 Å². The normalized spacial score (nSPS) is 11.9. The van der Waals surface area contributed by atoms with Gasteiger partial charge in [-0.15, -0.1) is 0 Å². The molecular weight excluding hydrogens is 450 g/mol. The standard InChI is InChI=1S/C26H41N3O6/c1-8-9-10-11-14-29(21(30)16-28-25(33)35-26(4,5)6)23(24(32)27-17-22(31)34-7)20-13-12-18(2)19(3)15-20/h12-13,15,23H,8-11,14,16-17H2,1-7H3,(H,27,32)(H,28,33). The number of nitrogens with zero attached hydrogens (tertiary/aromatic N) is 1. The average Bonchev–Trinajstić information content (AvgIpc) is 2.78. The summed E-state index contributed by atoms with van der Waals surface area (Å²) in [6.07, 6.45) is 2.89. The van der Waals surface area contributed by atoms with E-state index in [9.17, 15) is 19.2 Å². The van der Waals surface area contributed by atoms with E-state index in [1.54, 1.807) is 26.8 Å². The van der Waals surface area contributed by atoms with Gasteiger partial charge in [0, 0.05) is 6.54 Å². The number of benzene rings is 1. The highest BCUT2D eigenvalue weighted by atomic mass is 16.6. The molecule has 1 aromatic rings. The zero-order valence-corrected chi connectivity index (χ0v) is 22.2. The van der Waals surface area contributed by atoms with Crippen LogP contribution in [0.4, 0.5) is 4.79 Å². The lowest BCUT2D eigenvalue weighted by Gasteiger charge is -2.32. The summed E-state index contributed by atoms with van der Waals surface area (Å²) in [6.45, 7) is 10.9. The van der Waals surface area contributed by atoms with Crippen molar-refractivity contribution in [2.45, 2.75) is 78.9 Å². The van der Waals surface area contributed by atoms with Gasteiger partial charge in [0.05, 0.1) is 7.11 Å². The van der Waals surface area contributed by atoms with E-state index >= 15 is 0 Å². The van der Waals surface area contributed by atoms with Gasteiger partial charge in [-0.25, -0.2) is 4.79 Å². The predicted octanol–water partition coefficient (Wildman–Crippen LogP) is 3.57. The van der Waals surface area contributed by atoms with Gasteiger partial charge in [-0.1, -0.05) is 44.4 Å². The molecule has 35 heavy (non-hydrogen) atoms. The third kappa shape index (κ3) is 10.8. The quantitative estimate of drug-likeness (QED) is 0.341. The van der Waals surface area contributed by atoms with Crippen LogP contribution in [0, 0.1) is 13.8 Å². The highest BCUT2D eigenvalue weighted by Gasteiger charge is 2.32. The Hall–Kier alpha value is -3.10. The summed E-state index contributed by atoms with van der Waals surface area (Å²) in [5, 5.41) is 5.07. The van der Waals surface area contributed by atoms with E-state index in [-0.39, 0.29) is 13.1 Å². The molecule has 0 heterocycles. The van der Waals surface area contributed by atoms with E-state index in [0.29, 0.717) is 18.5 Å². The molecule has 0 radical (unpaired) electrons. The Morgan fingerprint density at radius 1 is 0.971 bits per heavy atom. The Morgan fingerprint density at radius 3 is 2.23 bits per heavy atom. The molecule has 196 valence electrons. The monoisotopic (exact) mass is 491 g/mol. The van der Waals surface area contributed by atoms with Crippen LogP contribution in [-0.4, -0.2) is 61.1 Å². The van der Waals surface area contributed by atoms with Gasteiger partial charge in [0.25, 0.3) is 0 Å². The van der Waals surface area contributed by atoms with Gasteiger partial charge in [-0.2, -0.15) is 0 Å². The molecule has 0 fully saturated rings. The molecule has 3 amide bonds. The molecule has 2 N–H and O–H groups in total. The van der Waals surface area contributed by atoms with Gasteiger partial charge in [0.2, 0.25) is 11.8 Å². The molecule has 0 aliphatic carbocycles. The number of alkyl carbamates (subject to hydrolysis) is 1. The van der Waals surface area contributed by atoms with Crippen molar-refractivity contribution in [1.29, 1.82) is 0 Å². The maximum atomic E-state index is 13.3. The first-order valence-corrected chi connectivity index (χ1v) is 12.1. The predicted molar refractivity (Wildman–Crippen MR) is 134 cm³/mol. The maximum absolute atomic E-state index is 13.3. The molecule has 1 unspecified atom stereocenters. The molecule has 1 atom stereocenters. The molecule has 0 saturated carbocycles. The van der Waals surface area contributed by atoms with Crippen LogP contribution in [0.1, 0.15) is 76.1 Å². The summed E-state index contributed by atoms with van der Waals surface area (Å²) in [4.78, 5) is 51.8. The third-order valence-electron chi connectivity index (χ3n) is 5.40. The Bertz CT molecular complexity index is 878. The number of hydrogen-bond donors (Lipinski definition) is 2. The first-order chi connectivity index (χ1) is 16.4. The molecule has 0 aliphatic rings. The van der Waals surface area contributed by atoms with E-state index in [1.807, 2.05) is 26.0 Å². The maximum Gasteiger partial charge on any atom is 0.408 e. The SMILES string of the molecule is CCCCCCN(C(=O)CNC(=O)OC(C)(C)C)C(C(=O)NCC(=O)OC)c1ccc(C)c(C)c1. The summed E-state index contributed by atoms with van der Waals surface area (Å²) in [5.41, 5.74) is 1.94. The van der Waals surface area contributed by atoms with Gasteiger partial charge < -0.3 is 25.0 Å². The Morgan fingerprint density at radius 2 is 1.66 bits per heavy atom. The number of rotatable bonds is 12. The van der Waals surface area contributed by atoms with Crippen molar-refractivity contribution in [3.63, 3.8) is 0 Å². The van der Waals surface area contributed by atoms with Crippen LogP contribution < -0.4 is 10.6 Å². The van der Waals surface area contributed by atoms with Crippen LogP contribution in [0.2, 0.25) is 0 Å². The minimum Gasteiger partial charge on any atom is -0.468 e. The van der Waals surface area contributed by atoms with Crippen LogP contribution in [0.25, 0.3) is 0 Å². The topological polar surface area (TPSA) is 114 Å². The van der Waals surface area contributed by atoms with Crippen molar-refractivity contribution >= 4 is 23.9 Å². The number of esters is 1. The molecule has 9 nitrogen and oxygen atoms in total. The number of unbranched alkanes of at least 4 members (excludes halogenated alkanes) is 3. The second-order valence-electron chi connectivity index (χ2n) is 9.54. The summed E-state index contributed by atoms with van der Waals surface area (Å²) >= 11 is 0. The summed E-state index contributed by atoms with van der Waals surface area (Å²) in [7, 11) is 1.24. The number of carbonyl (C=O) groups excluding carboxylic acids is 4. The van der Waals surface area contributed by atoms with E-state index in [0.717, 1.165) is 30.4 Å². The lowest BCUT2D eigenvalue weighted by molar-refractivity contribution is -0.143. The number of carbonyl (C=O) groups is 4. The highest BCUT2D eigenvalue weighted by molar-refractivity contribution is 5.91. The average molecular weight is 492 g/mol.